The minimum absolute atomic E-state index is 0.00727. The molecule has 34 heavy (non-hydrogen) atoms. The van der Waals surface area contributed by atoms with Gasteiger partial charge in [0.2, 0.25) is 5.91 Å². The van der Waals surface area contributed by atoms with E-state index in [1.54, 1.807) is 19.0 Å². The van der Waals surface area contributed by atoms with Gasteiger partial charge >= 0.3 is 0 Å². The molecule has 0 saturated heterocycles. The molecular weight excluding hydrogens is 444 g/mol. The van der Waals surface area contributed by atoms with E-state index in [0.717, 1.165) is 28.1 Å². The monoisotopic (exact) mass is 472 g/mol. The van der Waals surface area contributed by atoms with Gasteiger partial charge in [0.25, 0.3) is 0 Å². The third-order valence-electron chi connectivity index (χ3n) is 5.46. The van der Waals surface area contributed by atoms with Crippen LogP contribution in [-0.4, -0.2) is 39.7 Å². The molecule has 1 aromatic heterocycles. The van der Waals surface area contributed by atoms with E-state index in [1.807, 2.05) is 97.3 Å². The normalized spacial score (nSPS) is 11.8. The van der Waals surface area contributed by atoms with Crippen molar-refractivity contribution < 1.29 is 9.53 Å². The van der Waals surface area contributed by atoms with Crippen molar-refractivity contribution in [2.75, 3.05) is 14.1 Å². The number of likely N-dealkylation sites (N-methyl/N-ethyl adjacent to an activating group) is 1. The van der Waals surface area contributed by atoms with Crippen LogP contribution in [-0.2, 0) is 11.4 Å². The van der Waals surface area contributed by atoms with E-state index in [1.165, 1.54) is 11.8 Å². The van der Waals surface area contributed by atoms with Gasteiger partial charge in [-0.1, -0.05) is 78.5 Å². The van der Waals surface area contributed by atoms with Crippen molar-refractivity contribution in [3.63, 3.8) is 0 Å². The summed E-state index contributed by atoms with van der Waals surface area (Å²) in [6.45, 7) is 4.32. The zero-order chi connectivity index (χ0) is 24.1. The minimum atomic E-state index is -0.449. The minimum Gasteiger partial charge on any atom is -0.485 e. The van der Waals surface area contributed by atoms with Gasteiger partial charge in [0.05, 0.1) is 0 Å². The van der Waals surface area contributed by atoms with Crippen LogP contribution in [0.1, 0.15) is 27.8 Å². The van der Waals surface area contributed by atoms with Crippen molar-refractivity contribution in [3.05, 3.63) is 101 Å². The smallest absolute Gasteiger partial charge is 0.240 e. The van der Waals surface area contributed by atoms with Gasteiger partial charge in [0, 0.05) is 19.8 Å². The lowest BCUT2D eigenvalue weighted by atomic mass is 10.1. The Kier molecular flexibility index (Phi) is 7.33. The highest BCUT2D eigenvalue weighted by Crippen LogP contribution is 2.37. The second-order valence-corrected chi connectivity index (χ2v) is 9.29. The van der Waals surface area contributed by atoms with Crippen LogP contribution in [0.25, 0.3) is 5.69 Å². The lowest BCUT2D eigenvalue weighted by molar-refractivity contribution is -0.128. The van der Waals surface area contributed by atoms with E-state index >= 15 is 0 Å². The molecule has 4 aromatic rings. The van der Waals surface area contributed by atoms with Crippen molar-refractivity contribution in [1.82, 2.24) is 19.7 Å². The Morgan fingerprint density at radius 3 is 2.15 bits per heavy atom. The maximum Gasteiger partial charge on any atom is 0.240 e. The number of ether oxygens (including phenoxy) is 1. The van der Waals surface area contributed by atoms with Crippen LogP contribution in [0.5, 0.6) is 5.75 Å². The van der Waals surface area contributed by atoms with Crippen molar-refractivity contribution in [2.45, 2.75) is 30.9 Å². The first kappa shape index (κ1) is 23.6. The number of amides is 1. The molecule has 6 nitrogen and oxygen atoms in total. The van der Waals surface area contributed by atoms with Crippen LogP contribution in [0, 0.1) is 13.8 Å². The summed E-state index contributed by atoms with van der Waals surface area (Å²) in [7, 11) is 3.54. The summed E-state index contributed by atoms with van der Waals surface area (Å²) in [6.07, 6.45) is 0. The van der Waals surface area contributed by atoms with Gasteiger partial charge in [-0.25, -0.2) is 0 Å². The molecule has 0 saturated carbocycles. The number of hydrogen-bond donors (Lipinski definition) is 0. The third-order valence-corrected chi connectivity index (χ3v) is 6.64. The fraction of sp³-hybridized carbons (Fsp3) is 0.222. The van der Waals surface area contributed by atoms with Gasteiger partial charge < -0.3 is 9.64 Å². The van der Waals surface area contributed by atoms with E-state index in [0.29, 0.717) is 11.0 Å². The number of benzene rings is 3. The predicted molar refractivity (Wildman–Crippen MR) is 135 cm³/mol. The molecule has 1 unspecified atom stereocenters. The van der Waals surface area contributed by atoms with Gasteiger partial charge in [-0.05, 0) is 42.7 Å². The molecule has 7 heteroatoms. The first-order valence-corrected chi connectivity index (χ1v) is 11.9. The zero-order valence-corrected chi connectivity index (χ0v) is 20.6. The molecule has 0 aliphatic heterocycles. The Morgan fingerprint density at radius 1 is 0.912 bits per heavy atom. The standard InChI is InChI=1S/C27H28N4O2S/c1-19-12-11-13-20(2)24(19)33-18-23-28-29-27(31(23)22-16-9-6-10-17-22)34-25(26(32)30(3)4)21-14-7-5-8-15-21/h5-17,25H,18H2,1-4H3. The number of hydrogen-bond acceptors (Lipinski definition) is 5. The van der Waals surface area contributed by atoms with Gasteiger partial charge in [0.15, 0.2) is 11.0 Å². The maximum absolute atomic E-state index is 13.1. The highest BCUT2D eigenvalue weighted by molar-refractivity contribution is 8.00. The molecule has 1 amide bonds. The molecule has 0 bridgehead atoms. The Balaban J connectivity index is 1.71. The lowest BCUT2D eigenvalue weighted by Crippen LogP contribution is -2.27. The Hall–Kier alpha value is -3.58. The fourth-order valence-electron chi connectivity index (χ4n) is 3.70. The van der Waals surface area contributed by atoms with Crippen LogP contribution in [0.4, 0.5) is 0 Å². The number of carbonyl (C=O) groups is 1. The number of nitrogens with zero attached hydrogens (tertiary/aromatic N) is 4. The van der Waals surface area contributed by atoms with Crippen molar-refractivity contribution >= 4 is 17.7 Å². The second-order valence-electron chi connectivity index (χ2n) is 8.22. The van der Waals surface area contributed by atoms with Gasteiger partial charge in [-0.15, -0.1) is 10.2 Å². The third kappa shape index (κ3) is 5.15. The maximum atomic E-state index is 13.1. The summed E-state index contributed by atoms with van der Waals surface area (Å²) in [5.74, 6) is 1.51. The number of thioether (sulfide) groups is 1. The molecule has 0 aliphatic rings. The Bertz CT molecular complexity index is 1240. The van der Waals surface area contributed by atoms with Gasteiger partial charge in [0.1, 0.15) is 17.6 Å². The summed E-state index contributed by atoms with van der Waals surface area (Å²) in [5, 5.41) is 9.13. The number of aryl methyl sites for hydroxylation is 2. The van der Waals surface area contributed by atoms with E-state index < -0.39 is 5.25 Å². The van der Waals surface area contributed by atoms with E-state index in [9.17, 15) is 4.79 Å². The number of carbonyl (C=O) groups excluding carboxylic acids is 1. The van der Waals surface area contributed by atoms with Crippen LogP contribution in [0.15, 0.2) is 84.0 Å². The van der Waals surface area contributed by atoms with Crippen molar-refractivity contribution in [1.29, 1.82) is 0 Å². The summed E-state index contributed by atoms with van der Waals surface area (Å²) in [5.41, 5.74) is 3.98. The summed E-state index contributed by atoms with van der Waals surface area (Å²) in [4.78, 5) is 14.7. The van der Waals surface area contributed by atoms with E-state index in [2.05, 4.69) is 10.2 Å². The average molecular weight is 473 g/mol. The topological polar surface area (TPSA) is 60.3 Å². The van der Waals surface area contributed by atoms with Crippen molar-refractivity contribution in [3.8, 4) is 11.4 Å². The second kappa shape index (κ2) is 10.6. The van der Waals surface area contributed by atoms with E-state index in [4.69, 9.17) is 4.74 Å². The van der Waals surface area contributed by atoms with Gasteiger partial charge in [-0.3, -0.25) is 9.36 Å². The average Bonchev–Trinajstić information content (AvgIpc) is 3.25. The lowest BCUT2D eigenvalue weighted by Gasteiger charge is -2.20. The fourth-order valence-corrected chi connectivity index (χ4v) is 4.92. The predicted octanol–water partition coefficient (Wildman–Crippen LogP) is 5.38. The number of aromatic nitrogens is 3. The SMILES string of the molecule is Cc1cccc(C)c1OCc1nnc(SC(C(=O)N(C)C)c2ccccc2)n1-c1ccccc1. The number of para-hydroxylation sites is 2. The van der Waals surface area contributed by atoms with Gasteiger partial charge in [-0.2, -0.15) is 0 Å². The quantitative estimate of drug-likeness (QED) is 0.322. The largest absolute Gasteiger partial charge is 0.485 e. The molecule has 0 radical (unpaired) electrons. The molecule has 4 rings (SSSR count). The molecule has 0 fully saturated rings. The molecule has 0 spiro atoms. The molecule has 3 aromatic carbocycles. The molecule has 1 atom stereocenters. The summed E-state index contributed by atoms with van der Waals surface area (Å²) >= 11 is 1.39. The van der Waals surface area contributed by atoms with E-state index in [-0.39, 0.29) is 12.5 Å². The summed E-state index contributed by atoms with van der Waals surface area (Å²) < 4.78 is 8.17. The highest BCUT2D eigenvalue weighted by Gasteiger charge is 2.27. The Morgan fingerprint density at radius 2 is 1.53 bits per heavy atom. The molecule has 0 aliphatic carbocycles. The molecule has 174 valence electrons. The molecule has 0 N–H and O–H groups in total. The van der Waals surface area contributed by atoms with Crippen LogP contribution in [0.2, 0.25) is 0 Å². The number of rotatable bonds is 8. The van der Waals surface area contributed by atoms with Crippen molar-refractivity contribution in [2.24, 2.45) is 0 Å². The van der Waals surface area contributed by atoms with Crippen LogP contribution in [0.3, 0.4) is 0 Å². The molecule has 1 heterocycles. The molecular formula is C27H28N4O2S. The highest BCUT2D eigenvalue weighted by atomic mass is 32.2. The first-order valence-electron chi connectivity index (χ1n) is 11.1. The van der Waals surface area contributed by atoms with Crippen LogP contribution >= 0.6 is 11.8 Å². The summed E-state index contributed by atoms with van der Waals surface area (Å²) in [6, 6.07) is 25.8. The first-order chi connectivity index (χ1) is 16.5. The van der Waals surface area contributed by atoms with Crippen LogP contribution < -0.4 is 4.74 Å². The zero-order valence-electron chi connectivity index (χ0n) is 19.8. The Labute approximate surface area is 204 Å².